The van der Waals surface area contributed by atoms with Gasteiger partial charge in [0.25, 0.3) is 5.56 Å². The van der Waals surface area contributed by atoms with E-state index >= 15 is 0 Å². The van der Waals surface area contributed by atoms with Crippen molar-refractivity contribution in [1.29, 1.82) is 0 Å². The van der Waals surface area contributed by atoms with Crippen LogP contribution in [0.1, 0.15) is 45.0 Å². The van der Waals surface area contributed by atoms with E-state index in [0.717, 1.165) is 28.1 Å². The fraction of sp³-hybridized carbons (Fsp3) is 0.333. The van der Waals surface area contributed by atoms with Crippen molar-refractivity contribution in [1.82, 2.24) is 39.3 Å². The van der Waals surface area contributed by atoms with Gasteiger partial charge in [0.2, 0.25) is 0 Å². The zero-order valence-corrected chi connectivity index (χ0v) is 21.6. The molecule has 10 nitrogen and oxygen atoms in total. The smallest absolute Gasteiger partial charge is 0.317 e. The predicted molar refractivity (Wildman–Crippen MR) is 142 cm³/mol. The minimum atomic E-state index is -0.337. The highest BCUT2D eigenvalue weighted by atomic mass is 16.2. The molecule has 5 rings (SSSR count). The van der Waals surface area contributed by atoms with Crippen LogP contribution in [0.3, 0.4) is 0 Å². The molecule has 37 heavy (non-hydrogen) atoms. The molecule has 0 aliphatic carbocycles. The van der Waals surface area contributed by atoms with E-state index in [9.17, 15) is 9.59 Å². The van der Waals surface area contributed by atoms with Gasteiger partial charge in [-0.3, -0.25) is 13.9 Å². The average molecular weight is 499 g/mol. The van der Waals surface area contributed by atoms with Crippen molar-refractivity contribution in [3.8, 4) is 22.5 Å². The van der Waals surface area contributed by atoms with E-state index in [1.54, 1.807) is 4.57 Å². The van der Waals surface area contributed by atoms with E-state index in [-0.39, 0.29) is 23.1 Å². The van der Waals surface area contributed by atoms with Gasteiger partial charge in [-0.25, -0.2) is 14.9 Å². The number of imidazole rings is 1. The number of aromatic amines is 1. The minimum Gasteiger partial charge on any atom is -0.317 e. The van der Waals surface area contributed by atoms with Crippen LogP contribution in [-0.4, -0.2) is 39.3 Å². The largest absolute Gasteiger partial charge is 0.332 e. The zero-order valence-electron chi connectivity index (χ0n) is 21.6. The molecular formula is C27H30N8O2. The van der Waals surface area contributed by atoms with Crippen LogP contribution < -0.4 is 11.2 Å². The van der Waals surface area contributed by atoms with Gasteiger partial charge in [0, 0.05) is 31.6 Å². The molecule has 190 valence electrons. The lowest BCUT2D eigenvalue weighted by Gasteiger charge is -2.14. The van der Waals surface area contributed by atoms with Gasteiger partial charge in [0.1, 0.15) is 5.82 Å². The maximum atomic E-state index is 13.3. The number of H-pyrrole nitrogens is 1. The zero-order chi connectivity index (χ0) is 26.3. The summed E-state index contributed by atoms with van der Waals surface area (Å²) >= 11 is 0. The SMILES string of the molecule is CC(C)Cn1c(=O)n(C)c(=O)c2c1nc(C(C)C)n2Cc1ccc(-c2ccccc2-c2nnn[nH]2)cc1. The third-order valence-electron chi connectivity index (χ3n) is 6.46. The van der Waals surface area contributed by atoms with Crippen molar-refractivity contribution in [2.24, 2.45) is 13.0 Å². The van der Waals surface area contributed by atoms with Crippen LogP contribution in [0.4, 0.5) is 0 Å². The number of benzene rings is 2. The summed E-state index contributed by atoms with van der Waals surface area (Å²) in [5.41, 5.74) is 4.21. The normalized spacial score (nSPS) is 11.8. The molecule has 0 atom stereocenters. The van der Waals surface area contributed by atoms with Crippen LogP contribution in [0.15, 0.2) is 58.1 Å². The van der Waals surface area contributed by atoms with Crippen molar-refractivity contribution in [3.63, 3.8) is 0 Å². The molecular weight excluding hydrogens is 468 g/mol. The van der Waals surface area contributed by atoms with Crippen LogP contribution in [0.5, 0.6) is 0 Å². The molecule has 3 heterocycles. The molecule has 0 saturated heterocycles. The topological polar surface area (TPSA) is 116 Å². The third-order valence-corrected chi connectivity index (χ3v) is 6.46. The molecule has 10 heteroatoms. The summed E-state index contributed by atoms with van der Waals surface area (Å²) in [6, 6.07) is 16.2. The van der Waals surface area contributed by atoms with Gasteiger partial charge in [-0.1, -0.05) is 76.2 Å². The Morgan fingerprint density at radius 1 is 0.919 bits per heavy atom. The molecule has 2 aromatic carbocycles. The van der Waals surface area contributed by atoms with Gasteiger partial charge in [0.15, 0.2) is 17.0 Å². The maximum Gasteiger partial charge on any atom is 0.332 e. The first-order valence-corrected chi connectivity index (χ1v) is 12.4. The quantitative estimate of drug-likeness (QED) is 0.367. The Labute approximate surface area is 213 Å². The second kappa shape index (κ2) is 9.61. The first-order chi connectivity index (χ1) is 17.8. The van der Waals surface area contributed by atoms with Crippen LogP contribution in [0.25, 0.3) is 33.7 Å². The fourth-order valence-electron chi connectivity index (χ4n) is 4.69. The van der Waals surface area contributed by atoms with Crippen LogP contribution >= 0.6 is 0 Å². The standard InChI is InChI=1S/C27H30N8O2/c1-16(2)14-35-25-22(26(36)33(5)27(35)37)34(24(28-25)17(3)4)15-18-10-12-19(13-11-18)20-8-6-7-9-21(20)23-29-31-32-30-23/h6-13,16-17H,14-15H2,1-5H3,(H,29,30,31,32). The summed E-state index contributed by atoms with van der Waals surface area (Å²) in [7, 11) is 1.53. The third kappa shape index (κ3) is 4.39. The number of aromatic nitrogens is 8. The van der Waals surface area contributed by atoms with E-state index in [4.69, 9.17) is 4.98 Å². The Balaban J connectivity index is 1.59. The Kier molecular flexibility index (Phi) is 6.32. The van der Waals surface area contributed by atoms with Gasteiger partial charge in [-0.15, -0.1) is 5.10 Å². The summed E-state index contributed by atoms with van der Waals surface area (Å²) in [6.07, 6.45) is 0. The molecule has 0 spiro atoms. The van der Waals surface area contributed by atoms with Crippen LogP contribution in [-0.2, 0) is 20.1 Å². The van der Waals surface area contributed by atoms with Crippen LogP contribution in [0.2, 0.25) is 0 Å². The highest BCUT2D eigenvalue weighted by Crippen LogP contribution is 2.30. The van der Waals surface area contributed by atoms with E-state index in [1.807, 2.05) is 56.5 Å². The van der Waals surface area contributed by atoms with E-state index in [2.05, 4.69) is 44.9 Å². The first kappa shape index (κ1) is 24.4. The molecule has 0 aliphatic heterocycles. The lowest BCUT2D eigenvalue weighted by molar-refractivity contribution is 0.500. The number of rotatable bonds is 7. The lowest BCUT2D eigenvalue weighted by Crippen LogP contribution is -2.39. The monoisotopic (exact) mass is 498 g/mol. The molecule has 3 aromatic heterocycles. The predicted octanol–water partition coefficient (Wildman–Crippen LogP) is 3.57. The highest BCUT2D eigenvalue weighted by Gasteiger charge is 2.22. The number of hydrogen-bond donors (Lipinski definition) is 1. The molecule has 1 N–H and O–H groups in total. The Bertz CT molecular complexity index is 1670. The average Bonchev–Trinajstić information content (AvgIpc) is 3.55. The summed E-state index contributed by atoms with van der Waals surface area (Å²) in [5, 5.41) is 14.3. The molecule has 0 fully saturated rings. The highest BCUT2D eigenvalue weighted by molar-refractivity contribution is 5.80. The molecule has 0 radical (unpaired) electrons. The summed E-state index contributed by atoms with van der Waals surface area (Å²) < 4.78 is 4.77. The molecule has 5 aromatic rings. The Morgan fingerprint density at radius 2 is 1.62 bits per heavy atom. The minimum absolute atomic E-state index is 0.0707. The van der Waals surface area contributed by atoms with E-state index in [1.165, 1.54) is 11.6 Å². The number of hydrogen-bond acceptors (Lipinski definition) is 6. The summed E-state index contributed by atoms with van der Waals surface area (Å²) in [5.74, 6) is 1.69. The van der Waals surface area contributed by atoms with Crippen LogP contribution in [0, 0.1) is 5.92 Å². The second-order valence-electron chi connectivity index (χ2n) is 10.0. The van der Waals surface area contributed by atoms with Crippen molar-refractivity contribution in [2.45, 2.75) is 46.7 Å². The van der Waals surface area contributed by atoms with Crippen molar-refractivity contribution < 1.29 is 0 Å². The van der Waals surface area contributed by atoms with Gasteiger partial charge in [-0.05, 0) is 33.0 Å². The van der Waals surface area contributed by atoms with Crippen molar-refractivity contribution in [2.75, 3.05) is 0 Å². The van der Waals surface area contributed by atoms with Gasteiger partial charge < -0.3 is 4.57 Å². The Morgan fingerprint density at radius 3 is 2.24 bits per heavy atom. The number of nitrogens with one attached hydrogen (secondary N) is 1. The molecule has 0 saturated carbocycles. The molecule has 0 bridgehead atoms. The van der Waals surface area contributed by atoms with E-state index < -0.39 is 0 Å². The molecule has 0 unspecified atom stereocenters. The fourth-order valence-corrected chi connectivity index (χ4v) is 4.69. The first-order valence-electron chi connectivity index (χ1n) is 12.4. The maximum absolute atomic E-state index is 13.3. The van der Waals surface area contributed by atoms with Gasteiger partial charge >= 0.3 is 5.69 Å². The molecule has 0 aliphatic rings. The van der Waals surface area contributed by atoms with Crippen molar-refractivity contribution >= 4 is 11.2 Å². The second-order valence-corrected chi connectivity index (χ2v) is 10.0. The summed E-state index contributed by atoms with van der Waals surface area (Å²) in [6.45, 7) is 9.14. The Hall–Kier alpha value is -4.34. The summed E-state index contributed by atoms with van der Waals surface area (Å²) in [4.78, 5) is 31.0. The number of fused-ring (bicyclic) bond motifs is 1. The van der Waals surface area contributed by atoms with E-state index in [0.29, 0.717) is 30.1 Å². The number of tetrazole rings is 1. The van der Waals surface area contributed by atoms with Crippen molar-refractivity contribution in [3.05, 3.63) is 80.8 Å². The van der Waals surface area contributed by atoms with Gasteiger partial charge in [0.05, 0.1) is 0 Å². The lowest BCUT2D eigenvalue weighted by atomic mass is 9.98. The number of nitrogens with zero attached hydrogens (tertiary/aromatic N) is 7. The van der Waals surface area contributed by atoms with Gasteiger partial charge in [-0.2, -0.15) is 0 Å². The molecule has 0 amide bonds.